The van der Waals surface area contributed by atoms with Gasteiger partial charge < -0.3 is 10.6 Å². The predicted molar refractivity (Wildman–Crippen MR) is 77.7 cm³/mol. The summed E-state index contributed by atoms with van der Waals surface area (Å²) in [4.78, 5) is 1.33. The summed E-state index contributed by atoms with van der Waals surface area (Å²) in [5.74, 6) is -1.64. The van der Waals surface area contributed by atoms with Gasteiger partial charge in [0.05, 0.1) is 11.5 Å². The van der Waals surface area contributed by atoms with Gasteiger partial charge in [-0.25, -0.2) is 17.2 Å². The van der Waals surface area contributed by atoms with Crippen molar-refractivity contribution in [2.24, 2.45) is 5.73 Å². The quantitative estimate of drug-likeness (QED) is 0.830. The zero-order valence-electron chi connectivity index (χ0n) is 10.6. The summed E-state index contributed by atoms with van der Waals surface area (Å²) >= 11 is 4.68. The molecule has 0 atom stereocenters. The molecular weight excluding hydrogens is 306 g/mol. The third kappa shape index (κ3) is 3.24. The van der Waals surface area contributed by atoms with Crippen molar-refractivity contribution in [2.45, 2.75) is 6.42 Å². The van der Waals surface area contributed by atoms with Gasteiger partial charge in [0.1, 0.15) is 22.3 Å². The second kappa shape index (κ2) is 5.61. The second-order valence-electron chi connectivity index (χ2n) is 4.65. The number of rotatable bonds is 2. The van der Waals surface area contributed by atoms with Crippen LogP contribution in [0.15, 0.2) is 12.1 Å². The van der Waals surface area contributed by atoms with Crippen molar-refractivity contribution in [3.63, 3.8) is 0 Å². The van der Waals surface area contributed by atoms with Crippen molar-refractivity contribution in [3.05, 3.63) is 29.3 Å². The minimum Gasteiger partial charge on any atom is -0.389 e. The molecule has 0 unspecified atom stereocenters. The molecule has 2 rings (SSSR count). The monoisotopic (exact) mass is 320 g/mol. The highest BCUT2D eigenvalue weighted by Gasteiger charge is 2.24. The van der Waals surface area contributed by atoms with E-state index in [0.717, 1.165) is 12.1 Å². The topological polar surface area (TPSA) is 63.4 Å². The molecule has 110 valence electrons. The largest absolute Gasteiger partial charge is 0.389 e. The Kier molecular flexibility index (Phi) is 4.24. The van der Waals surface area contributed by atoms with Crippen molar-refractivity contribution >= 4 is 32.7 Å². The Bertz CT molecular complexity index is 624. The third-order valence-corrected chi connectivity index (χ3v) is 5.12. The van der Waals surface area contributed by atoms with Crippen molar-refractivity contribution in [2.75, 3.05) is 29.5 Å². The maximum absolute atomic E-state index is 14.0. The highest BCUT2D eigenvalue weighted by molar-refractivity contribution is 7.91. The maximum atomic E-state index is 14.0. The lowest BCUT2D eigenvalue weighted by molar-refractivity contribution is 0.571. The van der Waals surface area contributed by atoms with Gasteiger partial charge in [0.25, 0.3) is 0 Å². The number of anilines is 1. The molecule has 2 N–H and O–H groups in total. The zero-order chi connectivity index (χ0) is 14.9. The molecule has 0 spiro atoms. The van der Waals surface area contributed by atoms with Gasteiger partial charge in [-0.3, -0.25) is 0 Å². The lowest BCUT2D eigenvalue weighted by Gasteiger charge is -2.23. The van der Waals surface area contributed by atoms with Gasteiger partial charge in [-0.1, -0.05) is 12.2 Å². The Morgan fingerprint density at radius 2 is 1.80 bits per heavy atom. The van der Waals surface area contributed by atoms with E-state index in [4.69, 9.17) is 5.73 Å². The Balaban J connectivity index is 2.35. The molecule has 0 aromatic heterocycles. The van der Waals surface area contributed by atoms with E-state index < -0.39 is 21.5 Å². The van der Waals surface area contributed by atoms with E-state index in [9.17, 15) is 17.2 Å². The van der Waals surface area contributed by atoms with Gasteiger partial charge in [0.15, 0.2) is 9.84 Å². The number of benzene rings is 1. The fourth-order valence-electron chi connectivity index (χ4n) is 2.17. The summed E-state index contributed by atoms with van der Waals surface area (Å²) in [5, 5.41) is 0. The van der Waals surface area contributed by atoms with E-state index in [2.05, 4.69) is 12.2 Å². The van der Waals surface area contributed by atoms with E-state index in [-0.39, 0.29) is 34.3 Å². The van der Waals surface area contributed by atoms with Crippen LogP contribution in [0.4, 0.5) is 14.5 Å². The van der Waals surface area contributed by atoms with Crippen LogP contribution < -0.4 is 10.6 Å². The molecule has 0 amide bonds. The molecule has 1 aromatic carbocycles. The zero-order valence-corrected chi connectivity index (χ0v) is 12.2. The van der Waals surface area contributed by atoms with Crippen LogP contribution in [0.1, 0.15) is 12.0 Å². The van der Waals surface area contributed by atoms with E-state index in [0.29, 0.717) is 13.0 Å². The average Bonchev–Trinajstić information content (AvgIpc) is 2.50. The highest BCUT2D eigenvalue weighted by atomic mass is 32.2. The summed E-state index contributed by atoms with van der Waals surface area (Å²) in [7, 11) is -3.13. The van der Waals surface area contributed by atoms with Crippen LogP contribution in [0.2, 0.25) is 0 Å². The number of hydrogen-bond donors (Lipinski definition) is 1. The van der Waals surface area contributed by atoms with Gasteiger partial charge in [-0.15, -0.1) is 0 Å². The first-order chi connectivity index (χ1) is 9.30. The van der Waals surface area contributed by atoms with Crippen LogP contribution in [0.3, 0.4) is 0 Å². The Morgan fingerprint density at radius 3 is 2.35 bits per heavy atom. The molecule has 1 aliphatic rings. The first-order valence-electron chi connectivity index (χ1n) is 6.04. The number of sulfone groups is 1. The Hall–Kier alpha value is -1.28. The van der Waals surface area contributed by atoms with Crippen LogP contribution in [-0.2, 0) is 9.84 Å². The average molecular weight is 320 g/mol. The highest BCUT2D eigenvalue weighted by Crippen LogP contribution is 2.26. The molecule has 0 radical (unpaired) electrons. The molecule has 4 nitrogen and oxygen atoms in total. The molecule has 0 aliphatic carbocycles. The van der Waals surface area contributed by atoms with Crippen molar-refractivity contribution in [1.82, 2.24) is 0 Å². The van der Waals surface area contributed by atoms with Crippen LogP contribution in [0.5, 0.6) is 0 Å². The minimum absolute atomic E-state index is 0.0394. The summed E-state index contributed by atoms with van der Waals surface area (Å²) in [5.41, 5.74) is 5.24. The number of nitrogens with two attached hydrogens (primary N) is 1. The standard InChI is InChI=1S/C12H14F2N2O2S2/c13-9-6-8(12(15)19)7-10(14)11(9)16-2-1-4-20(17,18)5-3-16/h6-7H,1-5H2,(H2,15,19). The maximum Gasteiger partial charge on any atom is 0.152 e. The van der Waals surface area contributed by atoms with Gasteiger partial charge in [0.2, 0.25) is 0 Å². The Morgan fingerprint density at radius 1 is 1.20 bits per heavy atom. The molecule has 1 aromatic rings. The summed E-state index contributed by atoms with van der Waals surface area (Å²) in [6, 6.07) is 2.14. The first-order valence-corrected chi connectivity index (χ1v) is 8.27. The van der Waals surface area contributed by atoms with Crippen LogP contribution >= 0.6 is 12.2 Å². The molecule has 20 heavy (non-hydrogen) atoms. The SMILES string of the molecule is NC(=S)c1cc(F)c(N2CCCS(=O)(=O)CC2)c(F)c1. The number of hydrogen-bond acceptors (Lipinski definition) is 4. The van der Waals surface area contributed by atoms with Crippen LogP contribution in [-0.4, -0.2) is 38.0 Å². The molecule has 8 heteroatoms. The third-order valence-electron chi connectivity index (χ3n) is 3.17. The van der Waals surface area contributed by atoms with Gasteiger partial charge in [-0.2, -0.15) is 0 Å². The smallest absolute Gasteiger partial charge is 0.152 e. The molecular formula is C12H14F2N2O2S2. The molecule has 0 bridgehead atoms. The van der Waals surface area contributed by atoms with Gasteiger partial charge in [-0.05, 0) is 18.6 Å². The Labute approximate surface area is 121 Å². The lowest BCUT2D eigenvalue weighted by Crippen LogP contribution is -2.29. The van der Waals surface area contributed by atoms with E-state index in [1.165, 1.54) is 4.90 Å². The van der Waals surface area contributed by atoms with Crippen LogP contribution in [0.25, 0.3) is 0 Å². The number of nitrogens with zero attached hydrogens (tertiary/aromatic N) is 1. The van der Waals surface area contributed by atoms with E-state index in [1.54, 1.807) is 0 Å². The summed E-state index contributed by atoms with van der Waals surface area (Å²) in [6.07, 6.45) is 0.346. The van der Waals surface area contributed by atoms with E-state index >= 15 is 0 Å². The van der Waals surface area contributed by atoms with E-state index in [1.807, 2.05) is 0 Å². The molecule has 0 saturated carbocycles. The van der Waals surface area contributed by atoms with Gasteiger partial charge in [0, 0.05) is 18.7 Å². The van der Waals surface area contributed by atoms with Crippen molar-refractivity contribution in [3.8, 4) is 0 Å². The molecule has 1 aliphatic heterocycles. The minimum atomic E-state index is -3.13. The van der Waals surface area contributed by atoms with Gasteiger partial charge >= 0.3 is 0 Å². The normalized spacial score (nSPS) is 18.6. The fourth-order valence-corrected chi connectivity index (χ4v) is 3.56. The number of halogens is 2. The number of thiocarbonyl (C=S) groups is 1. The van der Waals surface area contributed by atoms with Crippen molar-refractivity contribution in [1.29, 1.82) is 0 Å². The molecule has 1 saturated heterocycles. The molecule has 1 fully saturated rings. The first kappa shape index (κ1) is 15.1. The predicted octanol–water partition coefficient (Wildman–Crippen LogP) is 1.22. The lowest BCUT2D eigenvalue weighted by atomic mass is 10.1. The fraction of sp³-hybridized carbons (Fsp3) is 0.417. The molecule has 1 heterocycles. The summed E-state index contributed by atoms with van der Waals surface area (Å²) in [6.45, 7) is 0.363. The van der Waals surface area contributed by atoms with Crippen LogP contribution in [0, 0.1) is 11.6 Å². The van der Waals surface area contributed by atoms with Crippen molar-refractivity contribution < 1.29 is 17.2 Å². The summed E-state index contributed by atoms with van der Waals surface area (Å²) < 4.78 is 51.1. The second-order valence-corrected chi connectivity index (χ2v) is 7.39.